The number of hydrogen-bond acceptors (Lipinski definition) is 3. The van der Waals surface area contributed by atoms with Crippen LogP contribution < -0.4 is 0 Å². The molecule has 0 radical (unpaired) electrons. The topological polar surface area (TPSA) is 70.1 Å². The van der Waals surface area contributed by atoms with Gasteiger partial charge in [-0.2, -0.15) is 8.78 Å². The van der Waals surface area contributed by atoms with Gasteiger partial charge in [0.2, 0.25) is 0 Å². The molecule has 0 bridgehead atoms. The van der Waals surface area contributed by atoms with Crippen LogP contribution in [0.3, 0.4) is 0 Å². The summed E-state index contributed by atoms with van der Waals surface area (Å²) in [6.07, 6.45) is -1.16. The van der Waals surface area contributed by atoms with Crippen LogP contribution in [-0.2, 0) is 15.6 Å². The predicted molar refractivity (Wildman–Crippen MR) is 88.1 cm³/mol. The number of halogens is 2. The minimum Gasteiger partial charge on any atom is -0.465 e. The smallest absolute Gasteiger partial charge is 0.408 e. The molecular formula is C17H24F2N2O4. The Balaban J connectivity index is 3.29. The molecule has 1 N–H and O–H groups in total. The average Bonchev–Trinajstić information content (AvgIpc) is 2.51. The third-order valence-corrected chi connectivity index (χ3v) is 3.88. The lowest BCUT2D eigenvalue weighted by Crippen LogP contribution is -2.46. The first-order valence-electron chi connectivity index (χ1n) is 7.66. The van der Waals surface area contributed by atoms with Gasteiger partial charge in [-0.3, -0.25) is 14.5 Å². The van der Waals surface area contributed by atoms with Gasteiger partial charge in [-0.1, -0.05) is 18.2 Å². The zero-order valence-corrected chi connectivity index (χ0v) is 15.2. The molecule has 2 amide bonds. The second-order valence-electron chi connectivity index (χ2n) is 6.68. The number of amides is 2. The number of nitrogens with zero attached hydrogens (tertiary/aromatic N) is 2. The van der Waals surface area contributed by atoms with Crippen molar-refractivity contribution in [1.82, 2.24) is 9.96 Å². The van der Waals surface area contributed by atoms with Gasteiger partial charge >= 0.3 is 17.9 Å². The maximum Gasteiger partial charge on any atom is 0.408 e. The van der Waals surface area contributed by atoms with Crippen molar-refractivity contribution in [2.45, 2.75) is 45.2 Å². The van der Waals surface area contributed by atoms with Crippen LogP contribution in [0, 0.1) is 0 Å². The van der Waals surface area contributed by atoms with Gasteiger partial charge in [-0.05, 0) is 39.3 Å². The van der Waals surface area contributed by atoms with E-state index in [2.05, 4.69) is 4.84 Å². The predicted octanol–water partition coefficient (Wildman–Crippen LogP) is 3.64. The highest BCUT2D eigenvalue weighted by Gasteiger charge is 2.44. The molecule has 0 aliphatic carbocycles. The Morgan fingerprint density at radius 1 is 1.24 bits per heavy atom. The van der Waals surface area contributed by atoms with E-state index in [1.165, 1.54) is 11.0 Å². The van der Waals surface area contributed by atoms with Crippen LogP contribution >= 0.6 is 0 Å². The highest BCUT2D eigenvalue weighted by Crippen LogP contribution is 2.34. The van der Waals surface area contributed by atoms with E-state index in [1.54, 1.807) is 33.8 Å². The Morgan fingerprint density at radius 3 is 2.24 bits per heavy atom. The highest BCUT2D eigenvalue weighted by molar-refractivity contribution is 5.83. The first-order valence-corrected chi connectivity index (χ1v) is 7.66. The van der Waals surface area contributed by atoms with Crippen molar-refractivity contribution >= 4 is 12.0 Å². The van der Waals surface area contributed by atoms with Crippen molar-refractivity contribution in [3.8, 4) is 0 Å². The van der Waals surface area contributed by atoms with Gasteiger partial charge in [-0.15, -0.1) is 0 Å². The molecule has 1 rings (SSSR count). The first kappa shape index (κ1) is 20.8. The number of hydrogen-bond donors (Lipinski definition) is 1. The monoisotopic (exact) mass is 358 g/mol. The molecule has 25 heavy (non-hydrogen) atoms. The lowest BCUT2D eigenvalue weighted by atomic mass is 9.96. The van der Waals surface area contributed by atoms with Gasteiger partial charge in [0.15, 0.2) is 0 Å². The lowest BCUT2D eigenvalue weighted by Gasteiger charge is -2.38. The molecule has 0 aliphatic heterocycles. The first-order chi connectivity index (χ1) is 11.3. The molecule has 0 spiro atoms. The maximum absolute atomic E-state index is 14.4. The summed E-state index contributed by atoms with van der Waals surface area (Å²) in [6, 6.07) is 4.52. The van der Waals surface area contributed by atoms with E-state index < -0.39 is 35.1 Å². The fourth-order valence-electron chi connectivity index (χ4n) is 2.58. The number of benzene rings is 1. The van der Waals surface area contributed by atoms with Gasteiger partial charge in [0.05, 0.1) is 13.2 Å². The van der Waals surface area contributed by atoms with E-state index in [-0.39, 0.29) is 0 Å². The normalized spacial score (nSPS) is 13.3. The van der Waals surface area contributed by atoms with Crippen LogP contribution in [0.5, 0.6) is 0 Å². The minimum absolute atomic E-state index is 0.363. The quantitative estimate of drug-likeness (QED) is 0.816. The lowest BCUT2D eigenvalue weighted by molar-refractivity contribution is -0.195. The molecule has 0 aromatic heterocycles. The summed E-state index contributed by atoms with van der Waals surface area (Å²) in [6.45, 7) is 6.76. The van der Waals surface area contributed by atoms with Crippen molar-refractivity contribution in [2.24, 2.45) is 0 Å². The third kappa shape index (κ3) is 4.45. The summed E-state index contributed by atoms with van der Waals surface area (Å²) in [5.41, 5.74) is -0.886. The van der Waals surface area contributed by atoms with Crippen molar-refractivity contribution < 1.29 is 28.3 Å². The fraction of sp³-hybridized carbons (Fsp3) is 0.529. The van der Waals surface area contributed by atoms with Crippen molar-refractivity contribution in [3.05, 3.63) is 35.4 Å². The number of carbonyl (C=O) groups is 2. The van der Waals surface area contributed by atoms with E-state index in [0.29, 0.717) is 10.6 Å². The molecule has 1 atom stereocenters. The summed E-state index contributed by atoms with van der Waals surface area (Å²) in [7, 11) is 2.20. The average molecular weight is 358 g/mol. The van der Waals surface area contributed by atoms with Gasteiger partial charge in [-0.25, -0.2) is 9.86 Å². The fourth-order valence-corrected chi connectivity index (χ4v) is 2.58. The van der Waals surface area contributed by atoms with Crippen LogP contribution in [0.1, 0.15) is 44.9 Å². The number of rotatable bonds is 5. The molecule has 0 unspecified atom stereocenters. The number of alkyl halides is 2. The van der Waals surface area contributed by atoms with Crippen LogP contribution in [0.2, 0.25) is 0 Å². The van der Waals surface area contributed by atoms with E-state index in [1.807, 2.05) is 0 Å². The van der Waals surface area contributed by atoms with Crippen molar-refractivity contribution in [1.29, 1.82) is 0 Å². The summed E-state index contributed by atoms with van der Waals surface area (Å²) < 4.78 is 28.8. The van der Waals surface area contributed by atoms with Crippen LogP contribution in [-0.4, -0.2) is 46.8 Å². The highest BCUT2D eigenvalue weighted by atomic mass is 19.3. The zero-order chi connectivity index (χ0) is 19.6. The summed E-state index contributed by atoms with van der Waals surface area (Å²) in [4.78, 5) is 29.1. The Morgan fingerprint density at radius 2 is 1.80 bits per heavy atom. The Hall–Kier alpha value is -2.22. The van der Waals surface area contributed by atoms with Gasteiger partial charge in [0.1, 0.15) is 0 Å². The van der Waals surface area contributed by atoms with Crippen molar-refractivity contribution in [2.75, 3.05) is 14.2 Å². The Kier molecular flexibility index (Phi) is 6.12. The van der Waals surface area contributed by atoms with E-state index in [0.717, 1.165) is 26.3 Å². The Labute approximate surface area is 145 Å². The second kappa shape index (κ2) is 7.35. The third-order valence-electron chi connectivity index (χ3n) is 3.88. The summed E-state index contributed by atoms with van der Waals surface area (Å²) in [5.74, 6) is -5.30. The Bertz CT molecular complexity index is 644. The summed E-state index contributed by atoms with van der Waals surface area (Å²) in [5, 5.41) is 9.92. The molecule has 0 saturated heterocycles. The molecule has 8 heteroatoms. The standard InChI is InChI=1S/C17H24F2N2O4/c1-11(21(15(23)24)16(2,3)4)12-8-7-9-13(10-12)17(18,19)14(22)20(5)25-6/h7-11H,1-6H3,(H,23,24)/t11-/m1/s1. The van der Waals surface area contributed by atoms with E-state index in [9.17, 15) is 23.5 Å². The molecule has 6 nitrogen and oxygen atoms in total. The largest absolute Gasteiger partial charge is 0.465 e. The van der Waals surface area contributed by atoms with Crippen LogP contribution in [0.25, 0.3) is 0 Å². The molecule has 140 valence electrons. The molecule has 1 aromatic rings. The summed E-state index contributed by atoms with van der Waals surface area (Å²) >= 11 is 0. The van der Waals surface area contributed by atoms with Gasteiger partial charge in [0.25, 0.3) is 0 Å². The number of carbonyl (C=O) groups excluding carboxylic acids is 1. The minimum atomic E-state index is -3.80. The molecule has 0 aliphatic rings. The molecule has 0 heterocycles. The molecule has 0 saturated carbocycles. The van der Waals surface area contributed by atoms with E-state index in [4.69, 9.17) is 0 Å². The molecular weight excluding hydrogens is 334 g/mol. The SMILES string of the molecule is CON(C)C(=O)C(F)(F)c1cccc([C@@H](C)N(C(=O)O)C(C)(C)C)c1. The number of hydroxylamine groups is 2. The molecule has 1 aromatic carbocycles. The van der Waals surface area contributed by atoms with E-state index >= 15 is 0 Å². The zero-order valence-electron chi connectivity index (χ0n) is 15.2. The second-order valence-corrected chi connectivity index (χ2v) is 6.68. The molecule has 0 fully saturated rings. The number of carboxylic acid groups (broad SMARTS) is 1. The van der Waals surface area contributed by atoms with Gasteiger partial charge in [0, 0.05) is 18.2 Å². The van der Waals surface area contributed by atoms with Crippen LogP contribution in [0.15, 0.2) is 24.3 Å². The maximum atomic E-state index is 14.4. The van der Waals surface area contributed by atoms with Crippen molar-refractivity contribution in [3.63, 3.8) is 0 Å². The van der Waals surface area contributed by atoms with Crippen LogP contribution in [0.4, 0.5) is 13.6 Å². The van der Waals surface area contributed by atoms with Gasteiger partial charge < -0.3 is 5.11 Å². The number of likely N-dealkylation sites (N-methyl/N-ethyl adjacent to an activating group) is 1.